The number of carbonyl (C=O) groups is 3. The van der Waals surface area contributed by atoms with Crippen molar-refractivity contribution in [1.29, 1.82) is 0 Å². The number of phenolic OH excluding ortho intramolecular Hbond substituents is 1. The highest BCUT2D eigenvalue weighted by atomic mass is 19.2. The van der Waals surface area contributed by atoms with E-state index < -0.39 is 41.1 Å². The number of nitrogens with zero attached hydrogens (tertiary/aromatic N) is 2. The number of rotatable bonds is 3. The van der Waals surface area contributed by atoms with Crippen LogP contribution in [0.5, 0.6) is 5.75 Å². The highest BCUT2D eigenvalue weighted by Crippen LogP contribution is 2.22. The van der Waals surface area contributed by atoms with Gasteiger partial charge in [0, 0.05) is 19.5 Å². The average Bonchev–Trinajstić information content (AvgIpc) is 2.74. The van der Waals surface area contributed by atoms with E-state index in [4.69, 9.17) is 0 Å². The number of carbonyl (C=O) groups excluding carboxylic acids is 3. The molecule has 156 valence electrons. The van der Waals surface area contributed by atoms with E-state index in [0.29, 0.717) is 0 Å². The normalized spacial score (nSPS) is 21.3. The maximum atomic E-state index is 14.0. The van der Waals surface area contributed by atoms with E-state index in [-0.39, 0.29) is 37.7 Å². The van der Waals surface area contributed by atoms with Crippen LogP contribution >= 0.6 is 0 Å². The van der Waals surface area contributed by atoms with Gasteiger partial charge in [0.15, 0.2) is 11.6 Å². The average molecular weight is 415 g/mol. The fourth-order valence-electron chi connectivity index (χ4n) is 3.83. The lowest BCUT2D eigenvalue weighted by molar-refractivity contribution is -0.152. The second kappa shape index (κ2) is 7.74. The van der Waals surface area contributed by atoms with Crippen molar-refractivity contribution in [2.75, 3.05) is 19.6 Å². The molecule has 4 rings (SSSR count). The molecular weight excluding hydrogens is 396 g/mol. The lowest BCUT2D eigenvalue weighted by Crippen LogP contribution is -2.70. The summed E-state index contributed by atoms with van der Waals surface area (Å²) in [7, 11) is 0. The number of fused-ring (bicyclic) bond motifs is 1. The third kappa shape index (κ3) is 3.58. The Morgan fingerprint density at radius 1 is 1.10 bits per heavy atom. The molecule has 2 aromatic carbocycles. The fraction of sp³-hybridized carbons (Fsp3) is 0.286. The van der Waals surface area contributed by atoms with Crippen molar-refractivity contribution in [3.8, 4) is 5.75 Å². The predicted molar refractivity (Wildman–Crippen MR) is 102 cm³/mol. The van der Waals surface area contributed by atoms with Gasteiger partial charge in [-0.25, -0.2) is 8.78 Å². The summed E-state index contributed by atoms with van der Waals surface area (Å²) in [6.07, 6.45) is 0.269. The number of phenols is 1. The van der Waals surface area contributed by atoms with Gasteiger partial charge in [0.05, 0.1) is 12.1 Å². The molecule has 0 bridgehead atoms. The Bertz CT molecular complexity index is 1010. The van der Waals surface area contributed by atoms with Crippen LogP contribution < -0.4 is 5.32 Å². The van der Waals surface area contributed by atoms with Gasteiger partial charge in [-0.05, 0) is 29.8 Å². The summed E-state index contributed by atoms with van der Waals surface area (Å²) in [5.74, 6) is -3.65. The molecule has 2 heterocycles. The largest absolute Gasteiger partial charge is 0.508 e. The molecule has 2 aliphatic heterocycles. The fourth-order valence-corrected chi connectivity index (χ4v) is 3.83. The second-order valence-corrected chi connectivity index (χ2v) is 7.33. The number of hydrogen-bond acceptors (Lipinski definition) is 4. The molecule has 0 unspecified atom stereocenters. The first-order chi connectivity index (χ1) is 14.3. The quantitative estimate of drug-likeness (QED) is 0.785. The Hall–Kier alpha value is -3.49. The van der Waals surface area contributed by atoms with Gasteiger partial charge in [0.25, 0.3) is 5.91 Å². The SMILES string of the molecule is O=C1N[C@H](Cc2ccc(O)cc2)C(=O)N2CCN(C(=O)c3cccc(F)c3F)C[C@H]12. The molecule has 0 aromatic heterocycles. The number of nitrogens with one attached hydrogen (secondary N) is 1. The minimum Gasteiger partial charge on any atom is -0.508 e. The minimum absolute atomic E-state index is 0.0989. The van der Waals surface area contributed by atoms with Crippen molar-refractivity contribution in [1.82, 2.24) is 15.1 Å². The van der Waals surface area contributed by atoms with E-state index >= 15 is 0 Å². The van der Waals surface area contributed by atoms with Gasteiger partial charge in [-0.3, -0.25) is 14.4 Å². The van der Waals surface area contributed by atoms with E-state index in [9.17, 15) is 28.3 Å². The summed E-state index contributed by atoms with van der Waals surface area (Å²) >= 11 is 0. The molecule has 2 atom stereocenters. The van der Waals surface area contributed by atoms with Crippen molar-refractivity contribution in [3.63, 3.8) is 0 Å². The lowest BCUT2D eigenvalue weighted by atomic mass is 9.98. The zero-order valence-electron chi connectivity index (χ0n) is 15.8. The van der Waals surface area contributed by atoms with Crippen molar-refractivity contribution in [3.05, 3.63) is 65.2 Å². The molecule has 0 spiro atoms. The van der Waals surface area contributed by atoms with Crippen LogP contribution in [0.1, 0.15) is 15.9 Å². The summed E-state index contributed by atoms with van der Waals surface area (Å²) in [6.45, 7) is 0.125. The third-order valence-electron chi connectivity index (χ3n) is 5.43. The van der Waals surface area contributed by atoms with Gasteiger partial charge >= 0.3 is 0 Å². The number of piperazine rings is 2. The molecule has 2 fully saturated rings. The monoisotopic (exact) mass is 415 g/mol. The van der Waals surface area contributed by atoms with E-state index in [1.807, 2.05) is 0 Å². The number of aromatic hydroxyl groups is 1. The van der Waals surface area contributed by atoms with Gasteiger partial charge < -0.3 is 20.2 Å². The molecule has 0 saturated carbocycles. The molecular formula is C21H19F2N3O4. The third-order valence-corrected chi connectivity index (χ3v) is 5.43. The number of halogens is 2. The molecule has 2 aromatic rings. The molecule has 7 nitrogen and oxygen atoms in total. The smallest absolute Gasteiger partial charge is 0.257 e. The Labute approximate surface area is 170 Å². The van der Waals surface area contributed by atoms with Crippen molar-refractivity contribution in [2.45, 2.75) is 18.5 Å². The Morgan fingerprint density at radius 2 is 1.83 bits per heavy atom. The van der Waals surface area contributed by atoms with Gasteiger partial charge in [0.2, 0.25) is 11.8 Å². The maximum absolute atomic E-state index is 14.0. The highest BCUT2D eigenvalue weighted by Gasteiger charge is 2.44. The summed E-state index contributed by atoms with van der Waals surface area (Å²) in [4.78, 5) is 40.8. The summed E-state index contributed by atoms with van der Waals surface area (Å²) in [5.41, 5.74) is 0.372. The molecule has 2 saturated heterocycles. The summed E-state index contributed by atoms with van der Waals surface area (Å²) in [5, 5.41) is 12.1. The van der Waals surface area contributed by atoms with Crippen LogP contribution in [0.25, 0.3) is 0 Å². The number of amides is 3. The predicted octanol–water partition coefficient (Wildman–Crippen LogP) is 1.06. The molecule has 0 radical (unpaired) electrons. The van der Waals surface area contributed by atoms with Gasteiger partial charge in [-0.2, -0.15) is 0 Å². The van der Waals surface area contributed by atoms with Crippen LogP contribution in [-0.2, 0) is 16.0 Å². The van der Waals surface area contributed by atoms with Crippen molar-refractivity contribution >= 4 is 17.7 Å². The first-order valence-corrected chi connectivity index (χ1v) is 9.47. The topological polar surface area (TPSA) is 89.9 Å². The zero-order valence-corrected chi connectivity index (χ0v) is 15.8. The van der Waals surface area contributed by atoms with E-state index in [1.165, 1.54) is 34.1 Å². The van der Waals surface area contributed by atoms with Gasteiger partial charge in [-0.15, -0.1) is 0 Å². The molecule has 2 aliphatic rings. The van der Waals surface area contributed by atoms with Crippen molar-refractivity contribution < 1.29 is 28.3 Å². The molecule has 0 aliphatic carbocycles. The zero-order chi connectivity index (χ0) is 21.4. The lowest BCUT2D eigenvalue weighted by Gasteiger charge is -2.45. The van der Waals surface area contributed by atoms with Gasteiger partial charge in [-0.1, -0.05) is 18.2 Å². The molecule has 9 heteroatoms. The van der Waals surface area contributed by atoms with Crippen LogP contribution in [0.4, 0.5) is 8.78 Å². The first-order valence-electron chi connectivity index (χ1n) is 9.47. The van der Waals surface area contributed by atoms with E-state index in [1.54, 1.807) is 12.1 Å². The Kier molecular flexibility index (Phi) is 5.11. The van der Waals surface area contributed by atoms with Crippen LogP contribution in [0.2, 0.25) is 0 Å². The minimum atomic E-state index is -1.23. The van der Waals surface area contributed by atoms with Gasteiger partial charge in [0.1, 0.15) is 17.8 Å². The van der Waals surface area contributed by atoms with E-state index in [0.717, 1.165) is 11.6 Å². The van der Waals surface area contributed by atoms with Crippen LogP contribution in [0.15, 0.2) is 42.5 Å². The second-order valence-electron chi connectivity index (χ2n) is 7.33. The summed E-state index contributed by atoms with van der Waals surface area (Å²) in [6, 6.07) is 8.07. The van der Waals surface area contributed by atoms with Crippen LogP contribution in [-0.4, -0.2) is 64.3 Å². The van der Waals surface area contributed by atoms with E-state index in [2.05, 4.69) is 5.32 Å². The molecule has 2 N–H and O–H groups in total. The maximum Gasteiger partial charge on any atom is 0.257 e. The Balaban J connectivity index is 1.47. The van der Waals surface area contributed by atoms with Crippen LogP contribution in [0.3, 0.4) is 0 Å². The Morgan fingerprint density at radius 3 is 2.57 bits per heavy atom. The summed E-state index contributed by atoms with van der Waals surface area (Å²) < 4.78 is 27.4. The molecule has 3 amide bonds. The van der Waals surface area contributed by atoms with Crippen LogP contribution in [0, 0.1) is 11.6 Å². The highest BCUT2D eigenvalue weighted by molar-refractivity contribution is 5.99. The number of hydrogen-bond donors (Lipinski definition) is 2. The molecule has 30 heavy (non-hydrogen) atoms. The van der Waals surface area contributed by atoms with Crippen molar-refractivity contribution in [2.24, 2.45) is 0 Å². The standard InChI is InChI=1S/C21H19F2N3O4/c22-15-3-1-2-14(18(15)23)20(29)25-8-9-26-17(11-25)19(28)24-16(21(26)30)10-12-4-6-13(27)7-5-12/h1-7,16-17,27H,8-11H2,(H,24,28)/t16-,17-/m1/s1. The first kappa shape index (κ1) is 19.8. The number of benzene rings is 2.